The van der Waals surface area contributed by atoms with Crippen LogP contribution in [-0.2, 0) is 29.0 Å². The molecule has 1 amide bonds. The highest BCUT2D eigenvalue weighted by molar-refractivity contribution is 5.90. The van der Waals surface area contributed by atoms with E-state index in [2.05, 4.69) is 10.2 Å². The second-order valence-corrected chi connectivity index (χ2v) is 8.77. The molecule has 176 valence electrons. The van der Waals surface area contributed by atoms with Gasteiger partial charge in [0.15, 0.2) is 0 Å². The van der Waals surface area contributed by atoms with Crippen molar-refractivity contribution in [1.82, 2.24) is 15.1 Å². The van der Waals surface area contributed by atoms with Crippen molar-refractivity contribution in [3.63, 3.8) is 0 Å². The Balaban J connectivity index is 1.41. The molecule has 0 spiro atoms. The van der Waals surface area contributed by atoms with Gasteiger partial charge in [-0.2, -0.15) is 0 Å². The van der Waals surface area contributed by atoms with Gasteiger partial charge in [-0.3, -0.25) is 9.59 Å². The third kappa shape index (κ3) is 4.42. The van der Waals surface area contributed by atoms with Gasteiger partial charge in [0.05, 0.1) is 19.1 Å². The molecule has 1 saturated heterocycles. The van der Waals surface area contributed by atoms with E-state index in [0.717, 1.165) is 5.56 Å². The van der Waals surface area contributed by atoms with Gasteiger partial charge in [0.2, 0.25) is 17.7 Å². The van der Waals surface area contributed by atoms with E-state index in [-0.39, 0.29) is 49.3 Å². The summed E-state index contributed by atoms with van der Waals surface area (Å²) in [7, 11) is 0. The predicted molar refractivity (Wildman–Crippen MR) is 116 cm³/mol. The first-order valence-corrected chi connectivity index (χ1v) is 11.2. The topological polar surface area (TPSA) is 85.5 Å². The van der Waals surface area contributed by atoms with Crippen molar-refractivity contribution in [2.45, 2.75) is 38.6 Å². The third-order valence-corrected chi connectivity index (χ3v) is 6.40. The summed E-state index contributed by atoms with van der Waals surface area (Å²) in [4.78, 5) is 27.8. The molecule has 0 radical (unpaired) electrons. The summed E-state index contributed by atoms with van der Waals surface area (Å²) < 4.78 is 39.2. The van der Waals surface area contributed by atoms with Gasteiger partial charge in [-0.05, 0) is 34.9 Å². The Bertz CT molecular complexity index is 1240. The van der Waals surface area contributed by atoms with Crippen LogP contribution in [0.4, 0.5) is 8.78 Å². The van der Waals surface area contributed by atoms with E-state index in [1.165, 1.54) is 23.1 Å². The van der Waals surface area contributed by atoms with Crippen LogP contribution in [-0.4, -0.2) is 39.9 Å². The zero-order valence-corrected chi connectivity index (χ0v) is 18.6. The molecule has 0 bridgehead atoms. The van der Waals surface area contributed by atoms with Gasteiger partial charge in [-0.1, -0.05) is 12.1 Å². The smallest absolute Gasteiger partial charge is 0.235 e. The van der Waals surface area contributed by atoms with Crippen LogP contribution >= 0.6 is 0 Å². The van der Waals surface area contributed by atoms with Crippen LogP contribution in [0.2, 0.25) is 0 Å². The Labute approximate surface area is 194 Å². The molecule has 3 heterocycles. The van der Waals surface area contributed by atoms with E-state index in [4.69, 9.17) is 9.15 Å². The fraction of sp³-hybridized carbons (Fsp3) is 0.360. The average molecular weight is 467 g/mol. The van der Waals surface area contributed by atoms with Crippen LogP contribution in [0.5, 0.6) is 5.75 Å². The van der Waals surface area contributed by atoms with Gasteiger partial charge in [-0.25, -0.2) is 8.78 Å². The lowest BCUT2D eigenvalue weighted by atomic mass is 9.83. The predicted octanol–water partition coefficient (Wildman–Crippen LogP) is 3.54. The summed E-state index contributed by atoms with van der Waals surface area (Å²) in [5, 5.41) is 7.75. The minimum atomic E-state index is -0.730. The Morgan fingerprint density at radius 2 is 1.97 bits per heavy atom. The Kier molecular flexibility index (Phi) is 5.85. The maximum atomic E-state index is 15.1. The number of ketones is 1. The fourth-order valence-corrected chi connectivity index (χ4v) is 4.76. The number of likely N-dealkylation sites (tertiary alicyclic amines) is 1. The van der Waals surface area contributed by atoms with E-state index < -0.39 is 17.7 Å². The highest BCUT2D eigenvalue weighted by Crippen LogP contribution is 2.40. The Hall–Kier alpha value is -3.62. The lowest BCUT2D eigenvalue weighted by Gasteiger charge is -2.18. The largest absolute Gasteiger partial charge is 0.493 e. The number of carbonyl (C=O) groups is 2. The molecule has 0 aliphatic carbocycles. The summed E-state index contributed by atoms with van der Waals surface area (Å²) in [5.41, 5.74) is 1.96. The average Bonchev–Trinajstić information content (AvgIpc) is 3.50. The van der Waals surface area contributed by atoms with E-state index in [1.807, 2.05) is 0 Å². The third-order valence-electron chi connectivity index (χ3n) is 6.40. The molecule has 0 unspecified atom stereocenters. The van der Waals surface area contributed by atoms with E-state index >= 15 is 4.39 Å². The molecule has 5 rings (SSSR count). The van der Waals surface area contributed by atoms with Gasteiger partial charge < -0.3 is 14.1 Å². The number of carbonyl (C=O) groups excluding carboxylic acids is 2. The fourth-order valence-electron chi connectivity index (χ4n) is 4.76. The number of Topliss-reactive ketones (excluding diaryl/α,β-unsaturated/α-hetero) is 1. The number of amides is 1. The first-order chi connectivity index (χ1) is 16.4. The molecule has 1 fully saturated rings. The summed E-state index contributed by atoms with van der Waals surface area (Å²) in [5.74, 6) is -1.33. The second-order valence-electron chi connectivity index (χ2n) is 8.77. The molecule has 3 aromatic rings. The van der Waals surface area contributed by atoms with Gasteiger partial charge in [0, 0.05) is 44.7 Å². The lowest BCUT2D eigenvalue weighted by Crippen LogP contribution is -2.28. The van der Waals surface area contributed by atoms with Crippen molar-refractivity contribution in [3.05, 3.63) is 76.5 Å². The van der Waals surface area contributed by atoms with Crippen molar-refractivity contribution >= 4 is 11.7 Å². The Morgan fingerprint density at radius 1 is 1.18 bits per heavy atom. The number of halogens is 2. The molecule has 7 nitrogen and oxygen atoms in total. The first-order valence-electron chi connectivity index (χ1n) is 11.2. The minimum absolute atomic E-state index is 0.0484. The zero-order chi connectivity index (χ0) is 23.8. The molecule has 2 aliphatic heterocycles. The number of hydrogen-bond donors (Lipinski definition) is 0. The lowest BCUT2D eigenvalue weighted by molar-refractivity contribution is -0.134. The number of ether oxygens (including phenoxy) is 1. The second kappa shape index (κ2) is 8.96. The van der Waals surface area contributed by atoms with E-state index in [0.29, 0.717) is 35.8 Å². The molecule has 0 N–H and O–H groups in total. The summed E-state index contributed by atoms with van der Waals surface area (Å²) in [6.45, 7) is 2.47. The van der Waals surface area contributed by atoms with Crippen LogP contribution in [0.25, 0.3) is 0 Å². The Morgan fingerprint density at radius 3 is 2.71 bits per heavy atom. The maximum Gasteiger partial charge on any atom is 0.235 e. The number of hydrogen-bond acceptors (Lipinski definition) is 6. The number of benzene rings is 2. The van der Waals surface area contributed by atoms with Gasteiger partial charge in [0.25, 0.3) is 0 Å². The molecule has 1 aromatic heterocycles. The summed E-state index contributed by atoms with van der Waals surface area (Å²) >= 11 is 0. The van der Waals surface area contributed by atoms with Gasteiger partial charge in [0.1, 0.15) is 23.2 Å². The summed E-state index contributed by atoms with van der Waals surface area (Å²) in [6, 6.07) is 8.80. The van der Waals surface area contributed by atoms with E-state index in [1.54, 1.807) is 25.1 Å². The van der Waals surface area contributed by atoms with Gasteiger partial charge >= 0.3 is 0 Å². The molecule has 34 heavy (non-hydrogen) atoms. The number of nitrogens with zero attached hydrogens (tertiary/aromatic N) is 3. The van der Waals surface area contributed by atoms with Crippen LogP contribution in [0.1, 0.15) is 40.8 Å². The van der Waals surface area contributed by atoms with Gasteiger partial charge in [-0.15, -0.1) is 10.2 Å². The minimum Gasteiger partial charge on any atom is -0.493 e. The van der Waals surface area contributed by atoms with E-state index in [9.17, 15) is 14.0 Å². The standard InChI is InChI=1S/C25H23F2N3O4/c1-14-28-29-24(34-14)13-30-12-21(19-9-16-6-7-33-23(16)11-22(19)27)20(25(30)32)10-18(31)8-15-2-4-17(26)5-3-15/h2-5,9,11,20-21H,6-8,10,12-13H2,1H3/t20-,21-/m0/s1. The molecular weight excluding hydrogens is 444 g/mol. The number of rotatable bonds is 7. The van der Waals surface area contributed by atoms with Crippen LogP contribution in [0.15, 0.2) is 40.8 Å². The zero-order valence-electron chi connectivity index (χ0n) is 18.6. The first kappa shape index (κ1) is 22.2. The molecule has 0 saturated carbocycles. The van der Waals surface area contributed by atoms with Crippen LogP contribution in [0.3, 0.4) is 0 Å². The SMILES string of the molecule is Cc1nnc(CN2C[C@@H](c3cc4c(cc3F)OCC4)[C@H](CC(=O)Cc3ccc(F)cc3)C2=O)o1. The summed E-state index contributed by atoms with van der Waals surface area (Å²) in [6.07, 6.45) is 0.690. The van der Waals surface area contributed by atoms with Crippen LogP contribution in [0, 0.1) is 24.5 Å². The molecule has 2 aliphatic rings. The monoisotopic (exact) mass is 467 g/mol. The number of aryl methyl sites for hydroxylation is 1. The maximum absolute atomic E-state index is 15.1. The molecule has 9 heteroatoms. The van der Waals surface area contributed by atoms with Crippen molar-refractivity contribution in [2.75, 3.05) is 13.2 Å². The highest BCUT2D eigenvalue weighted by Gasteiger charge is 2.44. The van der Waals surface area contributed by atoms with Crippen molar-refractivity contribution in [2.24, 2.45) is 5.92 Å². The van der Waals surface area contributed by atoms with Crippen molar-refractivity contribution in [3.8, 4) is 5.75 Å². The highest BCUT2D eigenvalue weighted by atomic mass is 19.1. The number of fused-ring (bicyclic) bond motifs is 1. The quantitative estimate of drug-likeness (QED) is 0.529. The molecule has 2 atom stereocenters. The van der Waals surface area contributed by atoms with Crippen molar-refractivity contribution < 1.29 is 27.5 Å². The van der Waals surface area contributed by atoms with Crippen LogP contribution < -0.4 is 4.74 Å². The molecular formula is C25H23F2N3O4. The number of aromatic nitrogens is 2. The normalized spacial score (nSPS) is 19.4. The molecule has 2 aromatic carbocycles. The van der Waals surface area contributed by atoms with Crippen molar-refractivity contribution in [1.29, 1.82) is 0 Å².